The normalized spacial score (nSPS) is 7.09. The molecule has 0 rings (SSSR count). The zero-order valence-electron chi connectivity index (χ0n) is 8.01. The highest BCUT2D eigenvalue weighted by atomic mass is 16.3. The van der Waals surface area contributed by atoms with Gasteiger partial charge in [0.1, 0.15) is 0 Å². The fourth-order valence-corrected chi connectivity index (χ4v) is 0. The average molecular weight is 165 g/mol. The molecule has 0 atom stereocenters. The Labute approximate surface area is 70.2 Å². The SMILES string of the molecule is CCCN.CCCO.CCO. The van der Waals surface area contributed by atoms with Crippen molar-refractivity contribution in [3.8, 4) is 0 Å². The van der Waals surface area contributed by atoms with Crippen molar-refractivity contribution in [3.63, 3.8) is 0 Å². The van der Waals surface area contributed by atoms with Crippen molar-refractivity contribution >= 4 is 0 Å². The topological polar surface area (TPSA) is 66.5 Å². The van der Waals surface area contributed by atoms with Crippen LogP contribution in [-0.2, 0) is 0 Å². The van der Waals surface area contributed by atoms with E-state index in [1.54, 1.807) is 6.92 Å². The van der Waals surface area contributed by atoms with E-state index in [-0.39, 0.29) is 6.61 Å². The third-order valence-electron chi connectivity index (χ3n) is 0.512. The van der Waals surface area contributed by atoms with Crippen LogP contribution in [0.2, 0.25) is 0 Å². The molecule has 0 spiro atoms. The molecule has 0 aromatic heterocycles. The molecule has 0 aromatic rings. The van der Waals surface area contributed by atoms with E-state index in [1.165, 1.54) is 0 Å². The Hall–Kier alpha value is -0.120. The minimum Gasteiger partial charge on any atom is -0.397 e. The van der Waals surface area contributed by atoms with Crippen molar-refractivity contribution in [1.82, 2.24) is 0 Å². The van der Waals surface area contributed by atoms with Crippen molar-refractivity contribution < 1.29 is 10.2 Å². The van der Waals surface area contributed by atoms with Gasteiger partial charge in [-0.05, 0) is 26.3 Å². The lowest BCUT2D eigenvalue weighted by molar-refractivity contribution is 0.295. The molecule has 0 bridgehead atoms. The van der Waals surface area contributed by atoms with Gasteiger partial charge in [-0.15, -0.1) is 0 Å². The zero-order chi connectivity index (χ0) is 9.54. The summed E-state index contributed by atoms with van der Waals surface area (Å²) in [5, 5.41) is 15.4. The summed E-state index contributed by atoms with van der Waals surface area (Å²) in [5.74, 6) is 0. The number of aliphatic hydroxyl groups excluding tert-OH is 2. The van der Waals surface area contributed by atoms with Gasteiger partial charge in [0.25, 0.3) is 0 Å². The van der Waals surface area contributed by atoms with E-state index in [4.69, 9.17) is 15.9 Å². The summed E-state index contributed by atoms with van der Waals surface area (Å²) >= 11 is 0. The monoisotopic (exact) mass is 165 g/mol. The first-order chi connectivity index (χ1) is 5.24. The van der Waals surface area contributed by atoms with Crippen LogP contribution < -0.4 is 5.73 Å². The summed E-state index contributed by atoms with van der Waals surface area (Å²) in [5.41, 5.74) is 5.03. The number of hydrogen-bond donors (Lipinski definition) is 3. The number of aliphatic hydroxyl groups is 2. The molecule has 0 aromatic carbocycles. The quantitative estimate of drug-likeness (QED) is 0.565. The second-order valence-electron chi connectivity index (χ2n) is 1.83. The van der Waals surface area contributed by atoms with Crippen molar-refractivity contribution in [2.75, 3.05) is 19.8 Å². The molecule has 0 saturated heterocycles. The summed E-state index contributed by atoms with van der Waals surface area (Å²) < 4.78 is 0. The van der Waals surface area contributed by atoms with E-state index in [9.17, 15) is 0 Å². The van der Waals surface area contributed by atoms with Gasteiger partial charge >= 0.3 is 0 Å². The van der Waals surface area contributed by atoms with Gasteiger partial charge in [-0.2, -0.15) is 0 Å². The third-order valence-corrected chi connectivity index (χ3v) is 0.512. The molecule has 0 aliphatic rings. The predicted octanol–water partition coefficient (Wildman–Crippen LogP) is 0.742. The lowest BCUT2D eigenvalue weighted by atomic mass is 10.5. The van der Waals surface area contributed by atoms with Gasteiger partial charge in [0, 0.05) is 13.2 Å². The molecule has 3 nitrogen and oxygen atoms in total. The van der Waals surface area contributed by atoms with Crippen molar-refractivity contribution in [2.24, 2.45) is 5.73 Å². The molecule has 4 N–H and O–H groups in total. The lowest BCUT2D eigenvalue weighted by Gasteiger charge is -1.70. The molecule has 0 aliphatic carbocycles. The van der Waals surface area contributed by atoms with Crippen molar-refractivity contribution in [2.45, 2.75) is 33.6 Å². The molecule has 11 heavy (non-hydrogen) atoms. The highest BCUT2D eigenvalue weighted by Gasteiger charge is 1.57. The van der Waals surface area contributed by atoms with Crippen LogP contribution in [-0.4, -0.2) is 30.0 Å². The van der Waals surface area contributed by atoms with E-state index in [1.807, 2.05) is 6.92 Å². The fourth-order valence-electron chi connectivity index (χ4n) is 0. The fraction of sp³-hybridized carbons (Fsp3) is 1.00. The Morgan fingerprint density at radius 1 is 1.00 bits per heavy atom. The van der Waals surface area contributed by atoms with Crippen LogP contribution in [0.5, 0.6) is 0 Å². The van der Waals surface area contributed by atoms with Gasteiger partial charge in [0.2, 0.25) is 0 Å². The molecule has 0 aliphatic heterocycles. The van der Waals surface area contributed by atoms with E-state index in [0.29, 0.717) is 6.61 Å². The first kappa shape index (κ1) is 17.1. The van der Waals surface area contributed by atoms with E-state index < -0.39 is 0 Å². The molecule has 0 radical (unpaired) electrons. The molecular formula is C8H23NO2. The molecule has 72 valence electrons. The van der Waals surface area contributed by atoms with Crippen LogP contribution in [0.15, 0.2) is 0 Å². The smallest absolute Gasteiger partial charge is 0.0428 e. The third kappa shape index (κ3) is 174. The number of rotatable bonds is 2. The molecule has 3 heteroatoms. The van der Waals surface area contributed by atoms with Crippen LogP contribution >= 0.6 is 0 Å². The summed E-state index contributed by atoms with van der Waals surface area (Å²) in [6, 6.07) is 0. The summed E-state index contributed by atoms with van der Waals surface area (Å²) in [4.78, 5) is 0. The molecule has 0 saturated carbocycles. The van der Waals surface area contributed by atoms with Crippen molar-refractivity contribution in [3.05, 3.63) is 0 Å². The first-order valence-corrected chi connectivity index (χ1v) is 4.16. The van der Waals surface area contributed by atoms with Crippen LogP contribution in [0.3, 0.4) is 0 Å². The van der Waals surface area contributed by atoms with Crippen LogP contribution in [0.1, 0.15) is 33.6 Å². The first-order valence-electron chi connectivity index (χ1n) is 4.16. The number of hydrogen-bond acceptors (Lipinski definition) is 3. The summed E-state index contributed by atoms with van der Waals surface area (Å²) in [6.07, 6.45) is 1.97. The lowest BCUT2D eigenvalue weighted by Crippen LogP contribution is -1.93. The molecular weight excluding hydrogens is 142 g/mol. The standard InChI is InChI=1S/C3H9N.C3H8O.C2H6O/c2*1-2-3-4;1-2-3/h2-4H2,1H3;4H,2-3H2,1H3;3H,2H2,1H3. The van der Waals surface area contributed by atoms with Gasteiger partial charge < -0.3 is 15.9 Å². The summed E-state index contributed by atoms with van der Waals surface area (Å²) in [7, 11) is 0. The Balaban J connectivity index is -0.0000000886. The van der Waals surface area contributed by atoms with Crippen LogP contribution in [0.25, 0.3) is 0 Å². The zero-order valence-corrected chi connectivity index (χ0v) is 8.01. The second kappa shape index (κ2) is 32.7. The Morgan fingerprint density at radius 3 is 1.18 bits per heavy atom. The molecule has 0 fully saturated rings. The van der Waals surface area contributed by atoms with Gasteiger partial charge in [-0.1, -0.05) is 13.8 Å². The van der Waals surface area contributed by atoms with Gasteiger partial charge in [0.05, 0.1) is 0 Å². The van der Waals surface area contributed by atoms with Crippen molar-refractivity contribution in [1.29, 1.82) is 0 Å². The maximum atomic E-state index is 7.88. The van der Waals surface area contributed by atoms with Gasteiger partial charge in [-0.3, -0.25) is 0 Å². The molecule has 0 unspecified atom stereocenters. The van der Waals surface area contributed by atoms with Gasteiger partial charge in [0.15, 0.2) is 0 Å². The second-order valence-corrected chi connectivity index (χ2v) is 1.83. The Bertz CT molecular complexity index is 27.3. The molecule has 0 amide bonds. The Kier molecular flexibility index (Phi) is 50.9. The highest BCUT2D eigenvalue weighted by molar-refractivity contribution is 4.19. The minimum absolute atomic E-state index is 0.250. The maximum absolute atomic E-state index is 7.88. The Morgan fingerprint density at radius 2 is 1.18 bits per heavy atom. The average Bonchev–Trinajstić information content (AvgIpc) is 2.06. The number of nitrogens with two attached hydrogens (primary N) is 1. The van der Waals surface area contributed by atoms with E-state index in [0.717, 1.165) is 19.4 Å². The summed E-state index contributed by atoms with van der Waals surface area (Å²) in [6.45, 7) is 7.06. The van der Waals surface area contributed by atoms with E-state index in [2.05, 4.69) is 6.92 Å². The largest absolute Gasteiger partial charge is 0.397 e. The minimum atomic E-state index is 0.250. The predicted molar refractivity (Wildman–Crippen MR) is 49.5 cm³/mol. The maximum Gasteiger partial charge on any atom is 0.0428 e. The molecule has 0 heterocycles. The van der Waals surface area contributed by atoms with Crippen LogP contribution in [0.4, 0.5) is 0 Å². The van der Waals surface area contributed by atoms with E-state index >= 15 is 0 Å². The highest BCUT2D eigenvalue weighted by Crippen LogP contribution is 1.61. The van der Waals surface area contributed by atoms with Crippen LogP contribution in [0, 0.1) is 0 Å². The van der Waals surface area contributed by atoms with Gasteiger partial charge in [-0.25, -0.2) is 0 Å².